The van der Waals surface area contributed by atoms with Crippen LogP contribution < -0.4 is 10.5 Å². The number of rotatable bonds is 4. The second-order valence-corrected chi connectivity index (χ2v) is 5.22. The van der Waals surface area contributed by atoms with E-state index >= 15 is 0 Å². The number of alkyl halides is 2. The van der Waals surface area contributed by atoms with Crippen LogP contribution in [0.3, 0.4) is 0 Å². The number of hydrogen-bond donors (Lipinski definition) is 1. The zero-order valence-corrected chi connectivity index (χ0v) is 11.2. The molecular weight excluding hydrogens is 248 g/mol. The van der Waals surface area contributed by atoms with Crippen LogP contribution in [0.4, 0.5) is 8.78 Å². The Kier molecular flexibility index (Phi) is 4.40. The summed E-state index contributed by atoms with van der Waals surface area (Å²) in [7, 11) is 0. The Labute approximate surface area is 112 Å². The van der Waals surface area contributed by atoms with Gasteiger partial charge in [0.1, 0.15) is 5.75 Å². The van der Waals surface area contributed by atoms with Crippen molar-refractivity contribution in [1.29, 1.82) is 0 Å². The summed E-state index contributed by atoms with van der Waals surface area (Å²) < 4.78 is 31.6. The van der Waals surface area contributed by atoms with Crippen molar-refractivity contribution >= 4 is 0 Å². The molecule has 0 saturated heterocycles. The molecule has 0 amide bonds. The van der Waals surface area contributed by atoms with Crippen LogP contribution in [-0.2, 0) is 0 Å². The van der Waals surface area contributed by atoms with Crippen LogP contribution in [0.25, 0.3) is 0 Å². The molecule has 0 aromatic heterocycles. The predicted octanol–water partition coefficient (Wildman–Crippen LogP) is 3.91. The smallest absolute Gasteiger partial charge is 0.248 e. The second-order valence-electron chi connectivity index (χ2n) is 5.22. The molecule has 0 spiro atoms. The third kappa shape index (κ3) is 3.66. The van der Waals surface area contributed by atoms with Crippen LogP contribution in [0.15, 0.2) is 24.3 Å². The van der Waals surface area contributed by atoms with Gasteiger partial charge in [-0.25, -0.2) is 8.78 Å². The standard InChI is InChI=1S/C15H21F2NO/c1-2-19-13-5-3-11(4-6-13)14(18)12-7-9-15(16,17)10-8-12/h3-6,12,14H,2,7-10,18H2,1H3. The Morgan fingerprint density at radius 3 is 2.37 bits per heavy atom. The molecule has 2 rings (SSSR count). The van der Waals surface area contributed by atoms with Crippen molar-refractivity contribution < 1.29 is 13.5 Å². The minimum Gasteiger partial charge on any atom is -0.494 e. The summed E-state index contributed by atoms with van der Waals surface area (Å²) in [6.45, 7) is 2.56. The molecule has 1 aromatic carbocycles. The fourth-order valence-corrected chi connectivity index (χ4v) is 2.65. The lowest BCUT2D eigenvalue weighted by Gasteiger charge is -2.32. The predicted molar refractivity (Wildman–Crippen MR) is 71.4 cm³/mol. The maximum Gasteiger partial charge on any atom is 0.248 e. The van der Waals surface area contributed by atoms with E-state index in [-0.39, 0.29) is 24.8 Å². The van der Waals surface area contributed by atoms with Crippen LogP contribution in [0.1, 0.15) is 44.2 Å². The first-order valence-electron chi connectivity index (χ1n) is 6.88. The molecular formula is C15H21F2NO. The summed E-state index contributed by atoms with van der Waals surface area (Å²) in [6.07, 6.45) is 0.924. The molecule has 1 saturated carbocycles. The van der Waals surface area contributed by atoms with Gasteiger partial charge in [0.05, 0.1) is 6.61 Å². The Morgan fingerprint density at radius 2 is 1.84 bits per heavy atom. The minimum atomic E-state index is -2.49. The van der Waals surface area contributed by atoms with Gasteiger partial charge in [-0.3, -0.25) is 0 Å². The summed E-state index contributed by atoms with van der Waals surface area (Å²) in [5.74, 6) is -1.53. The Bertz CT molecular complexity index is 395. The van der Waals surface area contributed by atoms with Crippen molar-refractivity contribution in [2.24, 2.45) is 11.7 Å². The third-order valence-electron chi connectivity index (χ3n) is 3.85. The molecule has 0 radical (unpaired) electrons. The molecule has 1 aromatic rings. The first kappa shape index (κ1) is 14.3. The van der Waals surface area contributed by atoms with Gasteiger partial charge in [0.15, 0.2) is 0 Å². The van der Waals surface area contributed by atoms with Crippen LogP contribution in [0.2, 0.25) is 0 Å². The van der Waals surface area contributed by atoms with E-state index in [2.05, 4.69) is 0 Å². The largest absolute Gasteiger partial charge is 0.494 e. The van der Waals surface area contributed by atoms with Gasteiger partial charge in [0, 0.05) is 18.9 Å². The van der Waals surface area contributed by atoms with Gasteiger partial charge < -0.3 is 10.5 Å². The van der Waals surface area contributed by atoms with Crippen LogP contribution in [-0.4, -0.2) is 12.5 Å². The lowest BCUT2D eigenvalue weighted by atomic mass is 9.80. The summed E-state index contributed by atoms with van der Waals surface area (Å²) in [5.41, 5.74) is 7.20. The number of hydrogen-bond acceptors (Lipinski definition) is 2. The minimum absolute atomic E-state index is 0.0393. The lowest BCUT2D eigenvalue weighted by molar-refractivity contribution is -0.0483. The normalized spacial score (nSPS) is 21.1. The van der Waals surface area contributed by atoms with E-state index < -0.39 is 5.92 Å². The van der Waals surface area contributed by atoms with Gasteiger partial charge in [0.2, 0.25) is 5.92 Å². The fraction of sp³-hybridized carbons (Fsp3) is 0.600. The molecule has 0 bridgehead atoms. The van der Waals surface area contributed by atoms with Crippen LogP contribution in [0.5, 0.6) is 5.75 Å². The lowest BCUT2D eigenvalue weighted by Crippen LogP contribution is -2.30. The summed E-state index contributed by atoms with van der Waals surface area (Å²) >= 11 is 0. The zero-order chi connectivity index (χ0) is 13.9. The first-order chi connectivity index (χ1) is 9.02. The molecule has 1 aliphatic carbocycles. The number of halogens is 2. The van der Waals surface area contributed by atoms with Gasteiger partial charge in [0.25, 0.3) is 0 Å². The monoisotopic (exact) mass is 269 g/mol. The first-order valence-corrected chi connectivity index (χ1v) is 6.88. The van der Waals surface area contributed by atoms with Gasteiger partial charge >= 0.3 is 0 Å². The van der Waals surface area contributed by atoms with Crippen LogP contribution in [0, 0.1) is 5.92 Å². The Balaban J connectivity index is 1.97. The topological polar surface area (TPSA) is 35.2 Å². The zero-order valence-electron chi connectivity index (χ0n) is 11.2. The van der Waals surface area contributed by atoms with Crippen molar-refractivity contribution in [2.45, 2.75) is 44.6 Å². The number of ether oxygens (including phenoxy) is 1. The summed E-state index contributed by atoms with van der Waals surface area (Å²) in [6, 6.07) is 7.48. The number of benzene rings is 1. The SMILES string of the molecule is CCOc1ccc(C(N)C2CCC(F)(F)CC2)cc1. The molecule has 0 aliphatic heterocycles. The quantitative estimate of drug-likeness (QED) is 0.899. The van der Waals surface area contributed by atoms with Crippen molar-refractivity contribution in [3.05, 3.63) is 29.8 Å². The highest BCUT2D eigenvalue weighted by molar-refractivity contribution is 5.29. The highest BCUT2D eigenvalue weighted by Gasteiger charge is 2.37. The fourth-order valence-electron chi connectivity index (χ4n) is 2.65. The highest BCUT2D eigenvalue weighted by Crippen LogP contribution is 2.40. The molecule has 4 heteroatoms. The van der Waals surface area contributed by atoms with Crippen molar-refractivity contribution in [3.63, 3.8) is 0 Å². The van der Waals surface area contributed by atoms with E-state index in [0.717, 1.165) is 11.3 Å². The van der Waals surface area contributed by atoms with Gasteiger partial charge in [-0.2, -0.15) is 0 Å². The summed E-state index contributed by atoms with van der Waals surface area (Å²) in [5, 5.41) is 0. The van der Waals surface area contributed by atoms with Gasteiger partial charge in [-0.05, 0) is 43.4 Å². The van der Waals surface area contributed by atoms with E-state index in [9.17, 15) is 8.78 Å². The molecule has 19 heavy (non-hydrogen) atoms. The Morgan fingerprint density at radius 1 is 1.26 bits per heavy atom. The highest BCUT2D eigenvalue weighted by atomic mass is 19.3. The molecule has 1 aliphatic rings. The maximum atomic E-state index is 13.1. The van der Waals surface area contributed by atoms with E-state index in [1.807, 2.05) is 31.2 Å². The van der Waals surface area contributed by atoms with E-state index in [4.69, 9.17) is 10.5 Å². The molecule has 2 N–H and O–H groups in total. The molecule has 2 nitrogen and oxygen atoms in total. The third-order valence-corrected chi connectivity index (χ3v) is 3.85. The van der Waals surface area contributed by atoms with Crippen LogP contribution >= 0.6 is 0 Å². The van der Waals surface area contributed by atoms with Gasteiger partial charge in [-0.1, -0.05) is 12.1 Å². The molecule has 106 valence electrons. The van der Waals surface area contributed by atoms with E-state index in [1.54, 1.807) is 0 Å². The molecule has 1 unspecified atom stereocenters. The summed E-state index contributed by atoms with van der Waals surface area (Å²) in [4.78, 5) is 0. The Hall–Kier alpha value is -1.16. The number of nitrogens with two attached hydrogens (primary N) is 1. The van der Waals surface area contributed by atoms with Crippen molar-refractivity contribution in [1.82, 2.24) is 0 Å². The molecule has 1 atom stereocenters. The van der Waals surface area contributed by atoms with Crippen molar-refractivity contribution in [3.8, 4) is 5.75 Å². The average molecular weight is 269 g/mol. The average Bonchev–Trinajstić information content (AvgIpc) is 2.39. The maximum absolute atomic E-state index is 13.1. The van der Waals surface area contributed by atoms with Gasteiger partial charge in [-0.15, -0.1) is 0 Å². The van der Waals surface area contributed by atoms with Crippen molar-refractivity contribution in [2.75, 3.05) is 6.61 Å². The molecule has 0 heterocycles. The second kappa shape index (κ2) is 5.87. The van der Waals surface area contributed by atoms with E-state index in [0.29, 0.717) is 19.4 Å². The van der Waals surface area contributed by atoms with E-state index in [1.165, 1.54) is 0 Å². The molecule has 1 fully saturated rings.